The minimum atomic E-state index is -1.58. The van der Waals surface area contributed by atoms with E-state index in [0.29, 0.717) is 19.4 Å². The van der Waals surface area contributed by atoms with Crippen LogP contribution in [-0.2, 0) is 23.8 Å². The minimum Gasteiger partial charge on any atom is -0.466 e. The molecule has 7 unspecified atom stereocenters. The van der Waals surface area contributed by atoms with Gasteiger partial charge in [0.1, 0.15) is 24.4 Å². The molecule has 1 rings (SSSR count). The van der Waals surface area contributed by atoms with Crippen molar-refractivity contribution in [1.82, 2.24) is 5.32 Å². The highest BCUT2D eigenvalue weighted by Gasteiger charge is 2.44. The van der Waals surface area contributed by atoms with Gasteiger partial charge in [0.25, 0.3) is 0 Å². The zero-order valence-electron chi connectivity index (χ0n) is 43.6. The molecule has 1 saturated heterocycles. The van der Waals surface area contributed by atoms with Crippen molar-refractivity contribution in [2.24, 2.45) is 0 Å². The molecule has 1 aliphatic heterocycles. The summed E-state index contributed by atoms with van der Waals surface area (Å²) in [5.41, 5.74) is 0. The first-order chi connectivity index (χ1) is 33.2. The van der Waals surface area contributed by atoms with E-state index in [1.54, 1.807) is 6.08 Å². The summed E-state index contributed by atoms with van der Waals surface area (Å²) in [5, 5.41) is 54.3. The molecule has 11 heteroatoms. The molecule has 398 valence electrons. The Balaban J connectivity index is 2.17. The highest BCUT2D eigenvalue weighted by atomic mass is 16.7. The number of ether oxygens (including phenoxy) is 3. The largest absolute Gasteiger partial charge is 0.466 e. The van der Waals surface area contributed by atoms with Crippen molar-refractivity contribution < 1.29 is 49.3 Å². The molecule has 0 aromatic heterocycles. The van der Waals surface area contributed by atoms with Crippen molar-refractivity contribution in [1.29, 1.82) is 0 Å². The molecule has 0 saturated carbocycles. The van der Waals surface area contributed by atoms with Gasteiger partial charge >= 0.3 is 5.97 Å². The van der Waals surface area contributed by atoms with Crippen molar-refractivity contribution in [2.45, 2.75) is 294 Å². The smallest absolute Gasteiger partial charge is 0.305 e. The molecular formula is C57H105NO10. The van der Waals surface area contributed by atoms with Crippen LogP contribution in [0.2, 0.25) is 0 Å². The van der Waals surface area contributed by atoms with Crippen molar-refractivity contribution in [3.63, 3.8) is 0 Å². The summed E-state index contributed by atoms with van der Waals surface area (Å²) in [4.78, 5) is 25.0. The fourth-order valence-electron chi connectivity index (χ4n) is 8.70. The van der Waals surface area contributed by atoms with Crippen LogP contribution in [0.3, 0.4) is 0 Å². The average Bonchev–Trinajstić information content (AvgIpc) is 3.33. The predicted octanol–water partition coefficient (Wildman–Crippen LogP) is 12.3. The van der Waals surface area contributed by atoms with Gasteiger partial charge in [0.15, 0.2) is 6.29 Å². The standard InChI is InChI=1S/C57H105NO10/c1-3-5-7-9-11-13-15-16-20-24-27-31-35-39-43-50(60)49(48-67-57-56(65)55(64)54(63)51(47-59)68-57)58-52(61)44-40-36-32-28-25-21-18-17-19-22-26-30-34-38-42-46-66-53(62)45-41-37-33-29-23-14-12-10-8-6-4-2/h13,15,24,27,39,43,49-51,54-57,59-60,63-65H,3-12,14,16-23,25-26,28-38,40-42,44-48H2,1-2H3,(H,58,61)/b15-13+,27-24+,43-39+. The molecule has 1 fully saturated rings. The maximum atomic E-state index is 13.0. The topological polar surface area (TPSA) is 175 Å². The lowest BCUT2D eigenvalue weighted by Crippen LogP contribution is -2.60. The molecule has 0 bridgehead atoms. The number of hydrogen-bond donors (Lipinski definition) is 6. The first-order valence-electron chi connectivity index (χ1n) is 28.3. The summed E-state index contributed by atoms with van der Waals surface area (Å²) in [6.07, 6.45) is 46.5. The summed E-state index contributed by atoms with van der Waals surface area (Å²) >= 11 is 0. The zero-order chi connectivity index (χ0) is 49.6. The van der Waals surface area contributed by atoms with Crippen LogP contribution in [0.1, 0.15) is 251 Å². The van der Waals surface area contributed by atoms with Crippen LogP contribution < -0.4 is 5.32 Å². The molecule has 7 atom stereocenters. The molecule has 68 heavy (non-hydrogen) atoms. The third-order valence-corrected chi connectivity index (χ3v) is 13.2. The first kappa shape index (κ1) is 63.9. The van der Waals surface area contributed by atoms with Gasteiger partial charge in [0.2, 0.25) is 5.91 Å². The Morgan fingerprint density at radius 3 is 1.46 bits per heavy atom. The zero-order valence-corrected chi connectivity index (χ0v) is 43.6. The first-order valence-corrected chi connectivity index (χ1v) is 28.3. The number of rotatable bonds is 48. The molecule has 0 radical (unpaired) electrons. The molecule has 0 aliphatic carbocycles. The van der Waals surface area contributed by atoms with E-state index in [1.807, 2.05) is 6.08 Å². The maximum absolute atomic E-state index is 13.0. The SMILES string of the molecule is CCCCCC/C=C/CC/C=C/CC/C=C/C(O)C(COC1OC(CO)C(O)C(O)C1O)NC(=O)CCCCCCCCCCCCCCCCCOC(=O)CCCCCCCCCCCCC. The number of hydrogen-bond acceptors (Lipinski definition) is 10. The second kappa shape index (κ2) is 47.2. The van der Waals surface area contributed by atoms with E-state index >= 15 is 0 Å². The predicted molar refractivity (Wildman–Crippen MR) is 278 cm³/mol. The van der Waals surface area contributed by atoms with Crippen LogP contribution in [-0.4, -0.2) is 100 Å². The van der Waals surface area contributed by atoms with Crippen LogP contribution in [0.4, 0.5) is 0 Å². The Hall–Kier alpha value is -2.12. The third-order valence-electron chi connectivity index (χ3n) is 13.2. The van der Waals surface area contributed by atoms with E-state index in [9.17, 15) is 35.1 Å². The van der Waals surface area contributed by atoms with E-state index in [0.717, 1.165) is 83.5 Å². The van der Waals surface area contributed by atoms with E-state index in [4.69, 9.17) is 14.2 Å². The number of amides is 1. The molecule has 1 heterocycles. The van der Waals surface area contributed by atoms with Gasteiger partial charge in [-0.3, -0.25) is 9.59 Å². The van der Waals surface area contributed by atoms with Gasteiger partial charge in [-0.1, -0.05) is 217 Å². The second-order valence-corrected chi connectivity index (χ2v) is 19.6. The van der Waals surface area contributed by atoms with Gasteiger partial charge in [-0.15, -0.1) is 0 Å². The number of carbonyl (C=O) groups is 2. The molecule has 11 nitrogen and oxygen atoms in total. The third kappa shape index (κ3) is 36.8. The van der Waals surface area contributed by atoms with Crippen LogP contribution >= 0.6 is 0 Å². The monoisotopic (exact) mass is 964 g/mol. The van der Waals surface area contributed by atoms with Crippen LogP contribution in [0.25, 0.3) is 0 Å². The minimum absolute atomic E-state index is 0.0205. The quantitative estimate of drug-likeness (QED) is 0.0196. The molecule has 6 N–H and O–H groups in total. The Morgan fingerprint density at radius 2 is 0.956 bits per heavy atom. The normalized spacial score (nSPS) is 19.7. The highest BCUT2D eigenvalue weighted by molar-refractivity contribution is 5.76. The summed E-state index contributed by atoms with van der Waals surface area (Å²) < 4.78 is 16.7. The van der Waals surface area contributed by atoms with Crippen molar-refractivity contribution in [3.8, 4) is 0 Å². The van der Waals surface area contributed by atoms with Gasteiger partial charge in [0.05, 0.1) is 32.0 Å². The fourth-order valence-corrected chi connectivity index (χ4v) is 8.70. The van der Waals surface area contributed by atoms with Crippen LogP contribution in [0.5, 0.6) is 0 Å². The van der Waals surface area contributed by atoms with Gasteiger partial charge in [0, 0.05) is 12.8 Å². The lowest BCUT2D eigenvalue weighted by Gasteiger charge is -2.40. The summed E-state index contributed by atoms with van der Waals surface area (Å²) in [6.45, 7) is 4.27. The molecular weight excluding hydrogens is 859 g/mol. The highest BCUT2D eigenvalue weighted by Crippen LogP contribution is 2.23. The number of aliphatic hydroxyl groups is 5. The average molecular weight is 964 g/mol. The Labute approximate surface area is 415 Å². The van der Waals surface area contributed by atoms with Gasteiger partial charge in [-0.2, -0.15) is 0 Å². The number of allylic oxidation sites excluding steroid dienone is 5. The van der Waals surface area contributed by atoms with Gasteiger partial charge in [-0.25, -0.2) is 0 Å². The van der Waals surface area contributed by atoms with Crippen LogP contribution in [0, 0.1) is 0 Å². The number of carbonyl (C=O) groups excluding carboxylic acids is 2. The van der Waals surface area contributed by atoms with Crippen LogP contribution in [0.15, 0.2) is 36.5 Å². The fraction of sp³-hybridized carbons (Fsp3) is 0.860. The number of unbranched alkanes of at least 4 members (excludes halogenated alkanes) is 30. The maximum Gasteiger partial charge on any atom is 0.305 e. The van der Waals surface area contributed by atoms with Crippen molar-refractivity contribution in [3.05, 3.63) is 36.5 Å². The lowest BCUT2D eigenvalue weighted by molar-refractivity contribution is -0.302. The van der Waals surface area contributed by atoms with Crippen molar-refractivity contribution >= 4 is 11.9 Å². The van der Waals surface area contributed by atoms with Gasteiger partial charge in [-0.05, 0) is 57.8 Å². The summed E-state index contributed by atoms with van der Waals surface area (Å²) in [7, 11) is 0. The van der Waals surface area contributed by atoms with E-state index in [1.165, 1.54) is 141 Å². The number of nitrogens with one attached hydrogen (secondary N) is 1. The number of aliphatic hydroxyl groups excluding tert-OH is 5. The Morgan fingerprint density at radius 1 is 0.529 bits per heavy atom. The molecule has 0 aromatic rings. The van der Waals surface area contributed by atoms with E-state index in [-0.39, 0.29) is 18.5 Å². The molecule has 0 aromatic carbocycles. The summed E-state index contributed by atoms with van der Waals surface area (Å²) in [6, 6.07) is -0.841. The summed E-state index contributed by atoms with van der Waals surface area (Å²) in [5.74, 6) is -0.226. The molecule has 1 amide bonds. The second-order valence-electron chi connectivity index (χ2n) is 19.6. The lowest BCUT2D eigenvalue weighted by atomic mass is 9.99. The van der Waals surface area contributed by atoms with E-state index in [2.05, 4.69) is 43.5 Å². The molecule has 0 spiro atoms. The number of esters is 1. The molecule has 1 aliphatic rings. The van der Waals surface area contributed by atoms with Crippen molar-refractivity contribution in [2.75, 3.05) is 19.8 Å². The Bertz CT molecular complexity index is 1230. The Kier molecular flexibility index (Phi) is 44.4. The van der Waals surface area contributed by atoms with Gasteiger partial charge < -0.3 is 45.1 Å². The van der Waals surface area contributed by atoms with E-state index < -0.39 is 49.5 Å².